The van der Waals surface area contributed by atoms with E-state index >= 15 is 0 Å². The van der Waals surface area contributed by atoms with Crippen molar-refractivity contribution in [3.63, 3.8) is 0 Å². The minimum Gasteiger partial charge on any atom is -0.320 e. The van der Waals surface area contributed by atoms with Gasteiger partial charge in [-0.2, -0.15) is 5.26 Å². The minimum absolute atomic E-state index is 0.0569. The number of hydrogen-bond donors (Lipinski definition) is 1. The monoisotopic (exact) mass is 271 g/mol. The first-order valence-corrected chi connectivity index (χ1v) is 6.95. The molecule has 1 amide bonds. The van der Waals surface area contributed by atoms with Gasteiger partial charge in [0, 0.05) is 25.2 Å². The van der Waals surface area contributed by atoms with Crippen LogP contribution in [0.25, 0.3) is 0 Å². The first kappa shape index (κ1) is 14.5. The number of nitrogens with one attached hydrogen (secondary N) is 1. The number of nitriles is 1. The van der Waals surface area contributed by atoms with E-state index in [9.17, 15) is 4.79 Å². The Hall–Kier alpha value is -1.86. The summed E-state index contributed by atoms with van der Waals surface area (Å²) in [4.78, 5) is 14.1. The van der Waals surface area contributed by atoms with Crippen molar-refractivity contribution in [3.8, 4) is 6.07 Å². The van der Waals surface area contributed by atoms with E-state index in [0.29, 0.717) is 18.7 Å². The second kappa shape index (κ2) is 5.64. The summed E-state index contributed by atoms with van der Waals surface area (Å²) in [5.41, 5.74) is 1.93. The molecule has 1 aliphatic heterocycles. The number of carbonyl (C=O) groups excluding carboxylic acids is 1. The molecule has 0 aromatic heterocycles. The first-order chi connectivity index (χ1) is 9.43. The number of rotatable bonds is 1. The van der Waals surface area contributed by atoms with Crippen LogP contribution in [0.15, 0.2) is 24.3 Å². The first-order valence-electron chi connectivity index (χ1n) is 6.95. The van der Waals surface area contributed by atoms with E-state index in [4.69, 9.17) is 5.26 Å². The van der Waals surface area contributed by atoms with Crippen LogP contribution in [0.5, 0.6) is 0 Å². The van der Waals surface area contributed by atoms with E-state index in [-0.39, 0.29) is 17.4 Å². The van der Waals surface area contributed by atoms with Crippen LogP contribution in [0.1, 0.15) is 36.7 Å². The van der Waals surface area contributed by atoms with Gasteiger partial charge < -0.3 is 10.2 Å². The molecule has 0 aliphatic carbocycles. The van der Waals surface area contributed by atoms with Gasteiger partial charge in [-0.15, -0.1) is 0 Å². The number of nitrogens with zero attached hydrogens (tertiary/aromatic N) is 2. The molecular weight excluding hydrogens is 250 g/mol. The van der Waals surface area contributed by atoms with Crippen molar-refractivity contribution in [1.29, 1.82) is 5.26 Å². The van der Waals surface area contributed by atoms with Crippen molar-refractivity contribution in [1.82, 2.24) is 10.2 Å². The third kappa shape index (κ3) is 3.00. The van der Waals surface area contributed by atoms with Crippen LogP contribution in [-0.4, -0.2) is 36.5 Å². The SMILES string of the molecule is CC(C)(C)c1ccc(C(=O)N2CCNCC2C#N)cc1. The van der Waals surface area contributed by atoms with Gasteiger partial charge in [-0.05, 0) is 23.1 Å². The number of benzene rings is 1. The van der Waals surface area contributed by atoms with E-state index < -0.39 is 0 Å². The van der Waals surface area contributed by atoms with E-state index in [0.717, 1.165) is 6.54 Å². The molecule has 1 aliphatic rings. The second-order valence-corrected chi connectivity index (χ2v) is 6.17. The predicted octanol–water partition coefficient (Wildman–Crippen LogP) is 1.92. The summed E-state index contributed by atoms with van der Waals surface area (Å²) in [6, 6.07) is 9.52. The summed E-state index contributed by atoms with van der Waals surface area (Å²) in [6.07, 6.45) is 0. The topological polar surface area (TPSA) is 56.1 Å². The molecule has 1 aromatic rings. The zero-order valence-electron chi connectivity index (χ0n) is 12.3. The Morgan fingerprint density at radius 3 is 2.55 bits per heavy atom. The molecule has 0 saturated carbocycles. The highest BCUT2D eigenvalue weighted by Crippen LogP contribution is 2.22. The lowest BCUT2D eigenvalue weighted by Crippen LogP contribution is -2.53. The summed E-state index contributed by atoms with van der Waals surface area (Å²) in [6.45, 7) is 8.30. The Bertz CT molecular complexity index is 522. The molecule has 4 heteroatoms. The highest BCUT2D eigenvalue weighted by Gasteiger charge is 2.27. The van der Waals surface area contributed by atoms with E-state index in [1.54, 1.807) is 4.90 Å². The molecular formula is C16H21N3O. The molecule has 1 saturated heterocycles. The Labute approximate surface area is 120 Å². The summed E-state index contributed by atoms with van der Waals surface area (Å²) in [5, 5.41) is 12.3. The average molecular weight is 271 g/mol. The van der Waals surface area contributed by atoms with Crippen molar-refractivity contribution in [2.75, 3.05) is 19.6 Å². The molecule has 20 heavy (non-hydrogen) atoms. The standard InChI is InChI=1S/C16H21N3O/c1-16(2,3)13-6-4-12(5-7-13)15(20)19-9-8-18-11-14(19)10-17/h4-7,14,18H,8-9,11H2,1-3H3. The van der Waals surface area contributed by atoms with Crippen LogP contribution >= 0.6 is 0 Å². The van der Waals surface area contributed by atoms with Crippen molar-refractivity contribution in [2.45, 2.75) is 32.2 Å². The van der Waals surface area contributed by atoms with Crippen LogP contribution in [0.3, 0.4) is 0 Å². The van der Waals surface area contributed by atoms with Crippen LogP contribution < -0.4 is 5.32 Å². The molecule has 4 nitrogen and oxygen atoms in total. The summed E-state index contributed by atoms with van der Waals surface area (Å²) in [7, 11) is 0. The Kier molecular flexibility index (Phi) is 4.10. The van der Waals surface area contributed by atoms with Crippen LogP contribution in [0, 0.1) is 11.3 Å². The number of carbonyl (C=O) groups is 1. The van der Waals surface area contributed by atoms with Crippen molar-refractivity contribution in [2.24, 2.45) is 0 Å². The molecule has 0 radical (unpaired) electrons. The van der Waals surface area contributed by atoms with Crippen molar-refractivity contribution >= 4 is 5.91 Å². The Morgan fingerprint density at radius 2 is 2.00 bits per heavy atom. The molecule has 0 bridgehead atoms. The Balaban J connectivity index is 2.19. The molecule has 1 atom stereocenters. The third-order valence-electron chi connectivity index (χ3n) is 3.65. The van der Waals surface area contributed by atoms with Gasteiger partial charge in [-0.3, -0.25) is 4.79 Å². The van der Waals surface area contributed by atoms with Gasteiger partial charge in [0.15, 0.2) is 0 Å². The predicted molar refractivity (Wildman–Crippen MR) is 78.4 cm³/mol. The summed E-state index contributed by atoms with van der Waals surface area (Å²) < 4.78 is 0. The van der Waals surface area contributed by atoms with E-state index in [1.165, 1.54) is 5.56 Å². The minimum atomic E-state index is -0.376. The van der Waals surface area contributed by atoms with Gasteiger partial charge in [0.1, 0.15) is 6.04 Å². The maximum Gasteiger partial charge on any atom is 0.255 e. The molecule has 1 N–H and O–H groups in total. The van der Waals surface area contributed by atoms with E-state index in [1.807, 2.05) is 24.3 Å². The number of amides is 1. The molecule has 2 rings (SSSR count). The van der Waals surface area contributed by atoms with Crippen LogP contribution in [0.2, 0.25) is 0 Å². The normalized spacial score (nSPS) is 19.5. The highest BCUT2D eigenvalue weighted by atomic mass is 16.2. The fourth-order valence-corrected chi connectivity index (χ4v) is 2.34. The second-order valence-electron chi connectivity index (χ2n) is 6.17. The molecule has 1 unspecified atom stereocenters. The largest absolute Gasteiger partial charge is 0.320 e. The zero-order valence-corrected chi connectivity index (χ0v) is 12.3. The summed E-state index contributed by atoms with van der Waals surface area (Å²) in [5.74, 6) is -0.0569. The van der Waals surface area contributed by atoms with Crippen molar-refractivity contribution < 1.29 is 4.79 Å². The van der Waals surface area contributed by atoms with Gasteiger partial charge in [0.2, 0.25) is 0 Å². The molecule has 1 aromatic carbocycles. The molecule has 0 spiro atoms. The average Bonchev–Trinajstić information content (AvgIpc) is 2.45. The fraction of sp³-hybridized carbons (Fsp3) is 0.500. The number of piperazine rings is 1. The highest BCUT2D eigenvalue weighted by molar-refractivity contribution is 5.94. The fourth-order valence-electron chi connectivity index (χ4n) is 2.34. The smallest absolute Gasteiger partial charge is 0.255 e. The van der Waals surface area contributed by atoms with Gasteiger partial charge in [-0.1, -0.05) is 32.9 Å². The zero-order chi connectivity index (χ0) is 14.8. The van der Waals surface area contributed by atoms with Gasteiger partial charge in [0.05, 0.1) is 6.07 Å². The van der Waals surface area contributed by atoms with Crippen LogP contribution in [-0.2, 0) is 5.41 Å². The third-order valence-corrected chi connectivity index (χ3v) is 3.65. The molecule has 1 heterocycles. The van der Waals surface area contributed by atoms with Gasteiger partial charge >= 0.3 is 0 Å². The Morgan fingerprint density at radius 1 is 1.35 bits per heavy atom. The molecule has 1 fully saturated rings. The van der Waals surface area contributed by atoms with Gasteiger partial charge in [-0.25, -0.2) is 0 Å². The lowest BCUT2D eigenvalue weighted by atomic mass is 9.86. The van der Waals surface area contributed by atoms with Crippen LogP contribution in [0.4, 0.5) is 0 Å². The van der Waals surface area contributed by atoms with E-state index in [2.05, 4.69) is 32.2 Å². The lowest BCUT2D eigenvalue weighted by Gasteiger charge is -2.32. The molecule has 106 valence electrons. The number of hydrogen-bond acceptors (Lipinski definition) is 3. The maximum absolute atomic E-state index is 12.5. The maximum atomic E-state index is 12.5. The summed E-state index contributed by atoms with van der Waals surface area (Å²) >= 11 is 0. The quantitative estimate of drug-likeness (QED) is 0.849. The van der Waals surface area contributed by atoms with Gasteiger partial charge in [0.25, 0.3) is 5.91 Å². The lowest BCUT2D eigenvalue weighted by molar-refractivity contribution is 0.0687. The van der Waals surface area contributed by atoms with Crippen molar-refractivity contribution in [3.05, 3.63) is 35.4 Å².